The topological polar surface area (TPSA) is 94.2 Å². The van der Waals surface area contributed by atoms with Gasteiger partial charge in [-0.15, -0.1) is 6.58 Å². The van der Waals surface area contributed by atoms with Crippen LogP contribution in [0.4, 0.5) is 5.69 Å². The minimum Gasteiger partial charge on any atom is -0.494 e. The van der Waals surface area contributed by atoms with Gasteiger partial charge in [0.1, 0.15) is 5.56 Å². The molecule has 0 aliphatic carbocycles. The molecular formula is C15H12N4O2S. The lowest BCUT2D eigenvalue weighted by molar-refractivity contribution is 0.413. The molecule has 0 aliphatic rings. The number of H-pyrrole nitrogens is 1. The van der Waals surface area contributed by atoms with Gasteiger partial charge < -0.3 is 5.11 Å². The molecule has 0 fully saturated rings. The van der Waals surface area contributed by atoms with Crippen LogP contribution < -0.4 is 5.56 Å². The molecule has 2 aromatic rings. The maximum atomic E-state index is 11.9. The highest BCUT2D eigenvalue weighted by molar-refractivity contribution is 7.71. The summed E-state index contributed by atoms with van der Waals surface area (Å²) in [6.07, 6.45) is 2.80. The average Bonchev–Trinajstić information content (AvgIpc) is 2.51. The number of benzene rings is 1. The fraction of sp³-hybridized carbons (Fsp3) is 0.0667. The van der Waals surface area contributed by atoms with Gasteiger partial charge in [-0.2, -0.15) is 5.26 Å². The van der Waals surface area contributed by atoms with E-state index in [0.29, 0.717) is 11.3 Å². The first kappa shape index (κ1) is 15.4. The van der Waals surface area contributed by atoms with Crippen LogP contribution in [0.15, 0.2) is 46.7 Å². The molecule has 0 unspecified atom stereocenters. The lowest BCUT2D eigenvalue weighted by Gasteiger charge is -2.08. The highest BCUT2D eigenvalue weighted by Gasteiger charge is 2.09. The summed E-state index contributed by atoms with van der Waals surface area (Å²) in [4.78, 5) is 18.5. The van der Waals surface area contributed by atoms with E-state index in [9.17, 15) is 9.90 Å². The van der Waals surface area contributed by atoms with Crippen molar-refractivity contribution < 1.29 is 5.11 Å². The largest absolute Gasteiger partial charge is 0.494 e. The smallest absolute Gasteiger partial charge is 0.264 e. The second-order valence-electron chi connectivity index (χ2n) is 4.31. The number of aromatic hydroxyl groups is 1. The summed E-state index contributed by atoms with van der Waals surface area (Å²) < 4.78 is 1.45. The number of allylic oxidation sites excluding steroid dienone is 1. The first-order valence-corrected chi connectivity index (χ1v) is 6.69. The Labute approximate surface area is 131 Å². The minimum atomic E-state index is -0.528. The number of nitrogens with one attached hydrogen (secondary N) is 1. The predicted octanol–water partition coefficient (Wildman–Crippen LogP) is 2.42. The molecule has 2 N–H and O–H groups in total. The molecule has 1 aromatic carbocycles. The van der Waals surface area contributed by atoms with Crippen molar-refractivity contribution in [3.8, 4) is 11.9 Å². The number of hydrogen-bond acceptors (Lipinski definition) is 5. The van der Waals surface area contributed by atoms with Crippen molar-refractivity contribution >= 4 is 24.1 Å². The third-order valence-corrected chi connectivity index (χ3v) is 3.18. The molecule has 0 bridgehead atoms. The lowest BCUT2D eigenvalue weighted by atomic mass is 10.2. The Kier molecular flexibility index (Phi) is 4.66. The van der Waals surface area contributed by atoms with E-state index in [1.54, 1.807) is 30.3 Å². The van der Waals surface area contributed by atoms with Gasteiger partial charge in [-0.3, -0.25) is 19.3 Å². The molecule has 0 aliphatic heterocycles. The monoisotopic (exact) mass is 312 g/mol. The highest BCUT2D eigenvalue weighted by atomic mass is 32.1. The Balaban J connectivity index is 2.44. The number of hydrogen-bond donors (Lipinski definition) is 2. The Morgan fingerprint density at radius 1 is 1.45 bits per heavy atom. The van der Waals surface area contributed by atoms with Gasteiger partial charge in [0, 0.05) is 12.8 Å². The SMILES string of the molecule is C=CCn1c(O)c(C=Nc2ccc(C#N)cc2)c(=O)[nH]c1=S. The number of rotatable bonds is 4. The molecule has 0 atom stereocenters. The van der Waals surface area contributed by atoms with Crippen molar-refractivity contribution in [3.63, 3.8) is 0 Å². The van der Waals surface area contributed by atoms with Gasteiger partial charge in [0.05, 0.1) is 17.3 Å². The van der Waals surface area contributed by atoms with Crippen molar-refractivity contribution in [1.82, 2.24) is 9.55 Å². The summed E-state index contributed by atoms with van der Waals surface area (Å²) in [5.74, 6) is -0.272. The van der Waals surface area contributed by atoms with E-state index in [1.807, 2.05) is 6.07 Å². The second kappa shape index (κ2) is 6.65. The van der Waals surface area contributed by atoms with Crippen LogP contribution in [0.5, 0.6) is 5.88 Å². The van der Waals surface area contributed by atoms with Gasteiger partial charge in [-0.25, -0.2) is 0 Å². The van der Waals surface area contributed by atoms with Crippen LogP contribution in [-0.4, -0.2) is 20.9 Å². The van der Waals surface area contributed by atoms with Crippen LogP contribution in [0.25, 0.3) is 0 Å². The maximum Gasteiger partial charge on any atom is 0.264 e. The maximum absolute atomic E-state index is 11.9. The van der Waals surface area contributed by atoms with E-state index in [0.717, 1.165) is 0 Å². The second-order valence-corrected chi connectivity index (χ2v) is 4.70. The summed E-state index contributed by atoms with van der Waals surface area (Å²) in [6, 6.07) is 8.50. The summed E-state index contributed by atoms with van der Waals surface area (Å²) in [6.45, 7) is 3.83. The van der Waals surface area contributed by atoms with Crippen LogP contribution in [0.1, 0.15) is 11.1 Å². The van der Waals surface area contributed by atoms with E-state index in [1.165, 1.54) is 10.8 Å². The zero-order valence-electron chi connectivity index (χ0n) is 11.5. The number of nitrogens with zero attached hydrogens (tertiary/aromatic N) is 3. The standard InChI is InChI=1S/C15H12N4O2S/c1-2-7-19-14(21)12(13(20)18-15(19)22)9-17-11-5-3-10(8-16)4-6-11/h2-6,9,21H,1,7H2,(H,18,20,22). The van der Waals surface area contributed by atoms with Crippen LogP contribution in [0.3, 0.4) is 0 Å². The Hall–Kier alpha value is -2.98. The molecule has 2 rings (SSSR count). The molecule has 1 heterocycles. The summed E-state index contributed by atoms with van der Waals surface area (Å²) in [5, 5.41) is 18.9. The molecule has 0 radical (unpaired) electrons. The zero-order chi connectivity index (χ0) is 16.1. The first-order valence-electron chi connectivity index (χ1n) is 6.28. The molecule has 1 aromatic heterocycles. The van der Waals surface area contributed by atoms with Crippen molar-refractivity contribution in [2.75, 3.05) is 0 Å². The molecular weight excluding hydrogens is 300 g/mol. The highest BCUT2D eigenvalue weighted by Crippen LogP contribution is 2.15. The third kappa shape index (κ3) is 3.19. The fourth-order valence-corrected chi connectivity index (χ4v) is 2.00. The van der Waals surface area contributed by atoms with E-state index in [4.69, 9.17) is 17.5 Å². The summed E-state index contributed by atoms with van der Waals surface area (Å²) in [5.41, 5.74) is 0.537. The van der Waals surface area contributed by atoms with E-state index in [-0.39, 0.29) is 22.8 Å². The van der Waals surface area contributed by atoms with Crippen LogP contribution in [-0.2, 0) is 6.54 Å². The molecule has 0 amide bonds. The molecule has 22 heavy (non-hydrogen) atoms. The first-order chi connectivity index (χ1) is 10.6. The average molecular weight is 312 g/mol. The van der Waals surface area contributed by atoms with Crippen LogP contribution >= 0.6 is 12.2 Å². The van der Waals surface area contributed by atoms with Crippen LogP contribution in [0.2, 0.25) is 0 Å². The summed E-state index contributed by atoms with van der Waals surface area (Å²) in [7, 11) is 0. The summed E-state index contributed by atoms with van der Waals surface area (Å²) >= 11 is 4.98. The molecule has 0 spiro atoms. The van der Waals surface area contributed by atoms with Gasteiger partial charge in [-0.05, 0) is 36.5 Å². The number of aliphatic imine (C=N–C) groups is 1. The predicted molar refractivity (Wildman–Crippen MR) is 86.2 cm³/mol. The van der Waals surface area contributed by atoms with Crippen molar-refractivity contribution in [3.05, 3.63) is 63.2 Å². The third-order valence-electron chi connectivity index (χ3n) is 2.86. The molecule has 110 valence electrons. The van der Waals surface area contributed by atoms with E-state index in [2.05, 4.69) is 16.6 Å². The fourth-order valence-electron chi connectivity index (χ4n) is 1.75. The van der Waals surface area contributed by atoms with E-state index < -0.39 is 5.56 Å². The Morgan fingerprint density at radius 2 is 2.14 bits per heavy atom. The Morgan fingerprint density at radius 3 is 2.73 bits per heavy atom. The lowest BCUT2D eigenvalue weighted by Crippen LogP contribution is -2.18. The normalized spacial score (nSPS) is 10.5. The van der Waals surface area contributed by atoms with Crippen molar-refractivity contribution in [2.45, 2.75) is 6.54 Å². The number of aromatic amines is 1. The molecule has 0 saturated carbocycles. The number of aromatic nitrogens is 2. The minimum absolute atomic E-state index is 0.000176. The van der Waals surface area contributed by atoms with Gasteiger partial charge in [0.25, 0.3) is 5.56 Å². The van der Waals surface area contributed by atoms with Gasteiger partial charge in [0.2, 0.25) is 5.88 Å². The van der Waals surface area contributed by atoms with E-state index >= 15 is 0 Å². The number of nitriles is 1. The van der Waals surface area contributed by atoms with Gasteiger partial charge in [0.15, 0.2) is 4.77 Å². The molecule has 6 nitrogen and oxygen atoms in total. The van der Waals surface area contributed by atoms with Crippen molar-refractivity contribution in [1.29, 1.82) is 5.26 Å². The zero-order valence-corrected chi connectivity index (χ0v) is 12.3. The van der Waals surface area contributed by atoms with Crippen molar-refractivity contribution in [2.24, 2.45) is 4.99 Å². The van der Waals surface area contributed by atoms with Gasteiger partial charge >= 0.3 is 0 Å². The van der Waals surface area contributed by atoms with Gasteiger partial charge in [-0.1, -0.05) is 6.08 Å². The van der Waals surface area contributed by atoms with Crippen LogP contribution in [0, 0.1) is 16.1 Å². The quantitative estimate of drug-likeness (QED) is 0.515. The molecule has 0 saturated heterocycles. The molecule has 7 heteroatoms. The Bertz CT molecular complexity index is 886.